The Morgan fingerprint density at radius 1 is 1.08 bits per heavy atom. The first-order valence-corrected chi connectivity index (χ1v) is 13.7. The summed E-state index contributed by atoms with van der Waals surface area (Å²) in [6.45, 7) is 10.9. The normalized spacial score (nSPS) is 19.8. The molecule has 7 heteroatoms. The van der Waals surface area contributed by atoms with E-state index in [0.717, 1.165) is 47.1 Å². The lowest BCUT2D eigenvalue weighted by atomic mass is 9.85. The van der Waals surface area contributed by atoms with Gasteiger partial charge in [0.05, 0.1) is 12.1 Å². The van der Waals surface area contributed by atoms with E-state index in [-0.39, 0.29) is 29.2 Å². The van der Waals surface area contributed by atoms with Crippen molar-refractivity contribution in [3.63, 3.8) is 0 Å². The largest absolute Gasteiger partial charge is 0.368 e. The SMILES string of the molecule is Cc1ccc2c(c1)CN(C(=O)CC(C)(C)C)[C@H](C(=O)N[C@@H]1CCCc3ccc(CN[C@@H](C)C(N)=O)cc31)C2. The summed E-state index contributed by atoms with van der Waals surface area (Å²) in [5, 5.41) is 6.47. The van der Waals surface area contributed by atoms with Crippen LogP contribution in [0.5, 0.6) is 0 Å². The van der Waals surface area contributed by atoms with Gasteiger partial charge in [0.15, 0.2) is 0 Å². The van der Waals surface area contributed by atoms with Crippen molar-refractivity contribution in [2.24, 2.45) is 11.1 Å². The number of nitrogens with zero attached hydrogens (tertiary/aromatic N) is 1. The van der Waals surface area contributed by atoms with Gasteiger partial charge in [-0.25, -0.2) is 0 Å². The van der Waals surface area contributed by atoms with Crippen molar-refractivity contribution in [3.05, 3.63) is 69.8 Å². The predicted octanol–water partition coefficient (Wildman–Crippen LogP) is 3.84. The topological polar surface area (TPSA) is 105 Å². The van der Waals surface area contributed by atoms with Gasteiger partial charge in [-0.2, -0.15) is 0 Å². The Hall–Kier alpha value is -3.19. The maximum Gasteiger partial charge on any atom is 0.243 e. The molecule has 3 atom stereocenters. The number of amides is 3. The van der Waals surface area contributed by atoms with E-state index in [0.29, 0.717) is 25.9 Å². The van der Waals surface area contributed by atoms with Crippen molar-refractivity contribution in [3.8, 4) is 0 Å². The maximum atomic E-state index is 13.8. The number of aryl methyl sites for hydroxylation is 2. The van der Waals surface area contributed by atoms with Gasteiger partial charge in [0.2, 0.25) is 17.7 Å². The number of nitrogens with two attached hydrogens (primary N) is 1. The standard InChI is InChI=1S/C31H42N4O3/c1-19-9-11-23-15-27(35(18-24(23)13-19)28(36)16-31(3,4)5)30(38)34-26-8-6-7-22-12-10-21(14-25(22)26)17-33-20(2)29(32)37/h9-14,20,26-27,33H,6-8,15-18H2,1-5H3,(H2,32,37)(H,34,38)/t20-,26+,27-/m0/s1. The number of hydrogen-bond acceptors (Lipinski definition) is 4. The first-order chi connectivity index (χ1) is 17.9. The van der Waals surface area contributed by atoms with Gasteiger partial charge in [-0.1, -0.05) is 62.7 Å². The van der Waals surface area contributed by atoms with Crippen LogP contribution in [0.1, 0.15) is 86.4 Å². The van der Waals surface area contributed by atoms with Crippen LogP contribution < -0.4 is 16.4 Å². The second-order valence-corrected chi connectivity index (χ2v) is 12.2. The van der Waals surface area contributed by atoms with E-state index in [9.17, 15) is 14.4 Å². The third kappa shape index (κ3) is 6.62. The Balaban J connectivity index is 1.55. The van der Waals surface area contributed by atoms with Crippen molar-refractivity contribution in [2.45, 2.75) is 97.9 Å². The maximum absolute atomic E-state index is 13.8. The molecule has 0 radical (unpaired) electrons. The number of carbonyl (C=O) groups excluding carboxylic acids is 3. The highest BCUT2D eigenvalue weighted by Crippen LogP contribution is 2.32. The lowest BCUT2D eigenvalue weighted by Gasteiger charge is -2.38. The van der Waals surface area contributed by atoms with Crippen LogP contribution in [-0.2, 0) is 40.3 Å². The smallest absolute Gasteiger partial charge is 0.243 e. The van der Waals surface area contributed by atoms with Crippen LogP contribution in [0.4, 0.5) is 0 Å². The molecule has 1 aliphatic carbocycles. The average Bonchev–Trinajstić information content (AvgIpc) is 2.85. The number of hydrogen-bond donors (Lipinski definition) is 3. The van der Waals surface area contributed by atoms with Crippen molar-refractivity contribution in [1.82, 2.24) is 15.5 Å². The summed E-state index contributed by atoms with van der Waals surface area (Å²) in [5.41, 5.74) is 12.0. The molecular weight excluding hydrogens is 476 g/mol. The van der Waals surface area contributed by atoms with Gasteiger partial charge in [-0.3, -0.25) is 14.4 Å². The van der Waals surface area contributed by atoms with Gasteiger partial charge >= 0.3 is 0 Å². The van der Waals surface area contributed by atoms with E-state index in [1.54, 1.807) is 11.8 Å². The minimum Gasteiger partial charge on any atom is -0.368 e. The molecule has 0 bridgehead atoms. The van der Waals surface area contributed by atoms with Crippen LogP contribution in [0.15, 0.2) is 36.4 Å². The quantitative estimate of drug-likeness (QED) is 0.518. The minimum atomic E-state index is -0.535. The molecule has 204 valence electrons. The number of carbonyl (C=O) groups is 3. The molecular formula is C31H42N4O3. The highest BCUT2D eigenvalue weighted by molar-refractivity contribution is 5.89. The molecule has 0 unspecified atom stereocenters. The summed E-state index contributed by atoms with van der Waals surface area (Å²) in [6, 6.07) is 11.6. The molecule has 1 heterocycles. The summed E-state index contributed by atoms with van der Waals surface area (Å²) >= 11 is 0. The molecule has 2 aliphatic rings. The summed E-state index contributed by atoms with van der Waals surface area (Å²) in [4.78, 5) is 40.5. The second kappa shape index (κ2) is 11.3. The Morgan fingerprint density at radius 3 is 2.53 bits per heavy atom. The van der Waals surface area contributed by atoms with Crippen LogP contribution in [0, 0.1) is 12.3 Å². The summed E-state index contributed by atoms with van der Waals surface area (Å²) < 4.78 is 0. The Bertz CT molecular complexity index is 1220. The fourth-order valence-corrected chi connectivity index (χ4v) is 5.51. The molecule has 7 nitrogen and oxygen atoms in total. The Kier molecular flexibility index (Phi) is 8.26. The molecule has 0 saturated carbocycles. The summed E-state index contributed by atoms with van der Waals surface area (Å²) in [7, 11) is 0. The Labute approximate surface area is 226 Å². The number of nitrogens with one attached hydrogen (secondary N) is 2. The van der Waals surface area contributed by atoms with E-state index in [1.807, 2.05) is 0 Å². The molecule has 38 heavy (non-hydrogen) atoms. The third-order valence-corrected chi connectivity index (χ3v) is 7.68. The zero-order valence-corrected chi connectivity index (χ0v) is 23.4. The molecule has 2 aromatic carbocycles. The highest BCUT2D eigenvalue weighted by Gasteiger charge is 2.37. The third-order valence-electron chi connectivity index (χ3n) is 7.68. The monoisotopic (exact) mass is 518 g/mol. The van der Waals surface area contributed by atoms with Gasteiger partial charge in [0.25, 0.3) is 0 Å². The van der Waals surface area contributed by atoms with Gasteiger partial charge in [-0.15, -0.1) is 0 Å². The van der Waals surface area contributed by atoms with Crippen molar-refractivity contribution < 1.29 is 14.4 Å². The Morgan fingerprint density at radius 2 is 1.82 bits per heavy atom. The predicted molar refractivity (Wildman–Crippen MR) is 149 cm³/mol. The molecule has 4 rings (SSSR count). The van der Waals surface area contributed by atoms with E-state index >= 15 is 0 Å². The number of fused-ring (bicyclic) bond motifs is 2. The fraction of sp³-hybridized carbons (Fsp3) is 0.516. The molecule has 3 amide bonds. The van der Waals surface area contributed by atoms with Crippen LogP contribution in [0.2, 0.25) is 0 Å². The van der Waals surface area contributed by atoms with Crippen LogP contribution >= 0.6 is 0 Å². The van der Waals surface area contributed by atoms with Crippen molar-refractivity contribution >= 4 is 17.7 Å². The van der Waals surface area contributed by atoms with E-state index in [1.165, 1.54) is 5.56 Å². The highest BCUT2D eigenvalue weighted by atomic mass is 16.2. The van der Waals surface area contributed by atoms with E-state index in [4.69, 9.17) is 5.73 Å². The number of benzene rings is 2. The van der Waals surface area contributed by atoms with Crippen LogP contribution in [-0.4, -0.2) is 34.7 Å². The lowest BCUT2D eigenvalue weighted by molar-refractivity contribution is -0.143. The van der Waals surface area contributed by atoms with E-state index < -0.39 is 12.1 Å². The first-order valence-electron chi connectivity index (χ1n) is 13.7. The van der Waals surface area contributed by atoms with Crippen molar-refractivity contribution in [2.75, 3.05) is 0 Å². The number of primary amides is 1. The first kappa shape index (κ1) is 27.8. The molecule has 4 N–H and O–H groups in total. The van der Waals surface area contributed by atoms with Crippen molar-refractivity contribution in [1.29, 1.82) is 0 Å². The van der Waals surface area contributed by atoms with Gasteiger partial charge in [-0.05, 0) is 66.3 Å². The molecule has 0 aromatic heterocycles. The number of rotatable bonds is 7. The fourth-order valence-electron chi connectivity index (χ4n) is 5.51. The minimum absolute atomic E-state index is 0.0192. The lowest BCUT2D eigenvalue weighted by Crippen LogP contribution is -2.53. The molecule has 0 fully saturated rings. The van der Waals surface area contributed by atoms with Crippen LogP contribution in [0.25, 0.3) is 0 Å². The van der Waals surface area contributed by atoms with Gasteiger partial charge in [0.1, 0.15) is 6.04 Å². The van der Waals surface area contributed by atoms with Crippen LogP contribution in [0.3, 0.4) is 0 Å². The summed E-state index contributed by atoms with van der Waals surface area (Å²) in [5.74, 6) is -0.462. The molecule has 1 aliphatic heterocycles. The second-order valence-electron chi connectivity index (χ2n) is 12.2. The summed E-state index contributed by atoms with van der Waals surface area (Å²) in [6.07, 6.45) is 3.73. The average molecular weight is 519 g/mol. The van der Waals surface area contributed by atoms with Gasteiger partial charge < -0.3 is 21.3 Å². The van der Waals surface area contributed by atoms with E-state index in [2.05, 4.69) is 74.7 Å². The molecule has 0 spiro atoms. The molecule has 2 aromatic rings. The molecule has 0 saturated heterocycles. The zero-order valence-electron chi connectivity index (χ0n) is 23.4. The van der Waals surface area contributed by atoms with Gasteiger partial charge in [0, 0.05) is 25.9 Å². The zero-order chi connectivity index (χ0) is 27.6.